The average molecular weight is 509 g/mol. The normalized spacial score (nSPS) is 21.7. The molecule has 2 aliphatic rings. The van der Waals surface area contributed by atoms with Gasteiger partial charge in [-0.05, 0) is 48.2 Å². The van der Waals surface area contributed by atoms with Crippen molar-refractivity contribution in [2.75, 3.05) is 5.32 Å². The summed E-state index contributed by atoms with van der Waals surface area (Å²) in [5, 5.41) is 15.3. The first-order chi connectivity index (χ1) is 15.1. The largest absolute Gasteiger partial charge is 0.334 e. The van der Waals surface area contributed by atoms with Gasteiger partial charge in [0, 0.05) is 16.6 Å². The monoisotopic (exact) mass is 507 g/mol. The van der Waals surface area contributed by atoms with Gasteiger partial charge in [-0.25, -0.2) is 0 Å². The minimum Gasteiger partial charge on any atom is -0.334 e. The molecule has 2 aliphatic carbocycles. The van der Waals surface area contributed by atoms with Gasteiger partial charge in [-0.3, -0.25) is 9.59 Å². The molecular formula is C23H17Cl4N3O2. The van der Waals surface area contributed by atoms with E-state index in [9.17, 15) is 14.9 Å². The highest BCUT2D eigenvalue weighted by molar-refractivity contribution is 6.53. The number of alkyl halides is 2. The Kier molecular flexibility index (Phi) is 5.94. The molecule has 2 N–H and O–H groups in total. The highest BCUT2D eigenvalue weighted by atomic mass is 35.5. The summed E-state index contributed by atoms with van der Waals surface area (Å²) in [7, 11) is 0. The fraction of sp³-hybridized carbons (Fsp3) is 0.261. The number of nitriles is 1. The molecule has 32 heavy (non-hydrogen) atoms. The standard InChI is InChI=1S/C23H17Cl4N3O2/c1-2-12-3-4-13(9-17(12)25)18-19(23(18,26)27)21(32)29-14-5-6-16(24)15(10-14)20(31)30-22(11-28)7-8-22/h2-6,9-10,18-19H,1,7-8H2,(H,29,32)(H,30,31). The van der Waals surface area contributed by atoms with Crippen LogP contribution in [-0.2, 0) is 4.79 Å². The highest BCUT2D eigenvalue weighted by Gasteiger charge is 2.67. The number of nitrogens with zero attached hydrogens (tertiary/aromatic N) is 1. The second-order valence-corrected chi connectivity index (χ2v) is 10.2. The molecule has 0 radical (unpaired) electrons. The second-order valence-electron chi connectivity index (χ2n) is 7.95. The van der Waals surface area contributed by atoms with Gasteiger partial charge >= 0.3 is 0 Å². The molecule has 2 atom stereocenters. The van der Waals surface area contributed by atoms with E-state index in [1.807, 2.05) is 6.07 Å². The lowest BCUT2D eigenvalue weighted by atomic mass is 10.1. The van der Waals surface area contributed by atoms with E-state index in [0.717, 1.165) is 11.1 Å². The van der Waals surface area contributed by atoms with E-state index in [0.29, 0.717) is 23.6 Å². The second kappa shape index (κ2) is 8.28. The summed E-state index contributed by atoms with van der Waals surface area (Å²) < 4.78 is -1.29. The molecule has 0 saturated heterocycles. The van der Waals surface area contributed by atoms with Crippen LogP contribution in [0.3, 0.4) is 0 Å². The molecule has 0 bridgehead atoms. The molecule has 0 aliphatic heterocycles. The van der Waals surface area contributed by atoms with Gasteiger partial charge in [0.05, 0.1) is 22.6 Å². The third kappa shape index (κ3) is 4.21. The van der Waals surface area contributed by atoms with Crippen molar-refractivity contribution in [3.63, 3.8) is 0 Å². The van der Waals surface area contributed by atoms with Crippen molar-refractivity contribution >= 4 is 70.0 Å². The summed E-state index contributed by atoms with van der Waals surface area (Å²) in [5.74, 6) is -2.02. The summed E-state index contributed by atoms with van der Waals surface area (Å²) in [4.78, 5) is 25.5. The van der Waals surface area contributed by atoms with E-state index < -0.39 is 33.5 Å². The van der Waals surface area contributed by atoms with Crippen molar-refractivity contribution in [1.29, 1.82) is 5.26 Å². The molecule has 2 fully saturated rings. The zero-order chi connectivity index (χ0) is 23.3. The van der Waals surface area contributed by atoms with Crippen LogP contribution in [0.2, 0.25) is 10.0 Å². The molecule has 2 aromatic carbocycles. The lowest BCUT2D eigenvalue weighted by Gasteiger charge is -2.12. The number of carbonyl (C=O) groups is 2. The summed E-state index contributed by atoms with van der Waals surface area (Å²) in [6, 6.07) is 12.0. The minimum atomic E-state index is -1.29. The predicted octanol–water partition coefficient (Wildman–Crippen LogP) is 5.95. The summed E-state index contributed by atoms with van der Waals surface area (Å²) in [6.45, 7) is 3.70. The molecule has 4 rings (SSSR count). The van der Waals surface area contributed by atoms with Crippen molar-refractivity contribution in [2.24, 2.45) is 5.92 Å². The number of hydrogen-bond acceptors (Lipinski definition) is 3. The van der Waals surface area contributed by atoms with E-state index in [1.54, 1.807) is 24.3 Å². The van der Waals surface area contributed by atoms with Crippen molar-refractivity contribution < 1.29 is 9.59 Å². The van der Waals surface area contributed by atoms with E-state index in [4.69, 9.17) is 46.4 Å². The topological polar surface area (TPSA) is 82.0 Å². The van der Waals surface area contributed by atoms with Gasteiger partial charge in [0.15, 0.2) is 0 Å². The summed E-state index contributed by atoms with van der Waals surface area (Å²) >= 11 is 25.3. The number of nitrogens with one attached hydrogen (secondary N) is 2. The van der Waals surface area contributed by atoms with Crippen molar-refractivity contribution in [3.05, 3.63) is 69.7 Å². The molecule has 164 valence electrons. The predicted molar refractivity (Wildman–Crippen MR) is 127 cm³/mol. The van der Waals surface area contributed by atoms with Crippen LogP contribution in [-0.4, -0.2) is 21.7 Å². The van der Waals surface area contributed by atoms with Gasteiger partial charge in [0.2, 0.25) is 5.91 Å². The molecular weight excluding hydrogens is 492 g/mol. The van der Waals surface area contributed by atoms with Gasteiger partial charge in [-0.2, -0.15) is 5.26 Å². The maximum absolute atomic E-state index is 12.9. The van der Waals surface area contributed by atoms with Crippen LogP contribution < -0.4 is 10.6 Å². The van der Waals surface area contributed by atoms with Gasteiger partial charge in [0.25, 0.3) is 5.91 Å². The highest BCUT2D eigenvalue weighted by Crippen LogP contribution is 2.65. The minimum absolute atomic E-state index is 0.160. The first kappa shape index (κ1) is 22.9. The van der Waals surface area contributed by atoms with E-state index >= 15 is 0 Å². The Hall–Kier alpha value is -2.23. The molecule has 5 nitrogen and oxygen atoms in total. The Bertz CT molecular complexity index is 1180. The number of amides is 2. The zero-order valence-corrected chi connectivity index (χ0v) is 19.6. The maximum atomic E-state index is 12.9. The van der Waals surface area contributed by atoms with Crippen LogP contribution in [0.5, 0.6) is 0 Å². The first-order valence-corrected chi connectivity index (χ1v) is 11.3. The molecule has 0 heterocycles. The quantitative estimate of drug-likeness (QED) is 0.473. The number of carbonyl (C=O) groups excluding carboxylic acids is 2. The SMILES string of the molecule is C=Cc1ccc(C2C(C(=O)Nc3ccc(Cl)c(C(=O)NC4(C#N)CC4)c3)C2(Cl)Cl)cc1Cl. The van der Waals surface area contributed by atoms with Crippen molar-refractivity contribution in [1.82, 2.24) is 5.32 Å². The number of anilines is 1. The molecule has 2 aromatic rings. The first-order valence-electron chi connectivity index (χ1n) is 9.76. The number of benzene rings is 2. The van der Waals surface area contributed by atoms with Gasteiger partial charge < -0.3 is 10.6 Å². The third-order valence-corrected chi connectivity index (χ3v) is 7.33. The molecule has 9 heteroatoms. The van der Waals surface area contributed by atoms with Gasteiger partial charge in [0.1, 0.15) is 9.87 Å². The summed E-state index contributed by atoms with van der Waals surface area (Å²) in [5.41, 5.74) is 1.20. The van der Waals surface area contributed by atoms with Crippen LogP contribution in [0.1, 0.15) is 40.2 Å². The fourth-order valence-electron chi connectivity index (χ4n) is 3.64. The number of rotatable bonds is 6. The molecule has 0 aromatic heterocycles. The van der Waals surface area contributed by atoms with E-state index in [2.05, 4.69) is 23.3 Å². The molecule has 2 saturated carbocycles. The Morgan fingerprint density at radius 1 is 1.12 bits per heavy atom. The van der Waals surface area contributed by atoms with Crippen LogP contribution in [0.25, 0.3) is 6.08 Å². The maximum Gasteiger partial charge on any atom is 0.254 e. The summed E-state index contributed by atoms with van der Waals surface area (Å²) in [6.07, 6.45) is 2.82. The Morgan fingerprint density at radius 3 is 2.44 bits per heavy atom. The lowest BCUT2D eigenvalue weighted by molar-refractivity contribution is -0.117. The van der Waals surface area contributed by atoms with Crippen LogP contribution >= 0.6 is 46.4 Å². The van der Waals surface area contributed by atoms with Crippen LogP contribution in [0.4, 0.5) is 5.69 Å². The van der Waals surface area contributed by atoms with Gasteiger partial charge in [-0.15, -0.1) is 23.2 Å². The van der Waals surface area contributed by atoms with Crippen LogP contribution in [0.15, 0.2) is 43.0 Å². The lowest BCUT2D eigenvalue weighted by Crippen LogP contribution is -2.35. The fourth-order valence-corrected chi connectivity index (χ4v) is 4.94. The van der Waals surface area contributed by atoms with E-state index in [-0.39, 0.29) is 10.6 Å². The number of hydrogen-bond donors (Lipinski definition) is 2. The molecule has 2 unspecified atom stereocenters. The molecule has 0 spiro atoms. The zero-order valence-electron chi connectivity index (χ0n) is 16.6. The smallest absolute Gasteiger partial charge is 0.254 e. The van der Waals surface area contributed by atoms with E-state index in [1.165, 1.54) is 12.1 Å². The Balaban J connectivity index is 1.50. The van der Waals surface area contributed by atoms with Crippen LogP contribution in [0, 0.1) is 17.2 Å². The molecule has 2 amide bonds. The van der Waals surface area contributed by atoms with Crippen molar-refractivity contribution in [2.45, 2.75) is 28.6 Å². The average Bonchev–Trinajstić information content (AvgIpc) is 3.64. The van der Waals surface area contributed by atoms with Gasteiger partial charge in [-0.1, -0.05) is 48.0 Å². The van der Waals surface area contributed by atoms with Crippen molar-refractivity contribution in [3.8, 4) is 6.07 Å². The number of halogens is 4. The third-order valence-electron chi connectivity index (χ3n) is 5.73. The Morgan fingerprint density at radius 2 is 1.84 bits per heavy atom. The Labute approximate surface area is 205 Å².